The van der Waals surface area contributed by atoms with Gasteiger partial charge in [-0.3, -0.25) is 0 Å². The first-order valence-corrected chi connectivity index (χ1v) is 6.16. The van der Waals surface area contributed by atoms with Gasteiger partial charge in [0.05, 0.1) is 0 Å². The van der Waals surface area contributed by atoms with Crippen molar-refractivity contribution < 1.29 is 9.53 Å². The van der Waals surface area contributed by atoms with E-state index >= 15 is 0 Å². The molecule has 0 aliphatic carbocycles. The van der Waals surface area contributed by atoms with Crippen LogP contribution in [-0.4, -0.2) is 34.0 Å². The van der Waals surface area contributed by atoms with Crippen LogP contribution < -0.4 is 0 Å². The molecule has 0 saturated carbocycles. The van der Waals surface area contributed by atoms with Crippen molar-refractivity contribution in [3.8, 4) is 0 Å². The van der Waals surface area contributed by atoms with E-state index in [9.17, 15) is 4.79 Å². The summed E-state index contributed by atoms with van der Waals surface area (Å²) in [6.07, 6.45) is 1.49. The summed E-state index contributed by atoms with van der Waals surface area (Å²) in [6, 6.07) is 0. The molecule has 0 aromatic rings. The van der Waals surface area contributed by atoms with Crippen molar-refractivity contribution in [2.75, 3.05) is 7.11 Å². The molecule has 0 N–H and O–H groups in total. The molecule has 0 aliphatic rings. The molecule has 0 spiro atoms. The molecule has 0 unspecified atom stereocenters. The Kier molecular flexibility index (Phi) is 6.30. The normalized spacial score (nSPS) is 10.0. The van der Waals surface area contributed by atoms with Crippen molar-refractivity contribution in [1.82, 2.24) is 0 Å². The third-order valence-corrected chi connectivity index (χ3v) is 3.65. The Morgan fingerprint density at radius 2 is 2.36 bits per heavy atom. The molecule has 0 atom stereocenters. The molecule has 0 radical (unpaired) electrons. The molecular formula is C8H12O2Te. The predicted octanol–water partition coefficient (Wildman–Crippen LogP) is 1.37. The summed E-state index contributed by atoms with van der Waals surface area (Å²) in [5, 5.41) is 0. The number of hydrogen-bond acceptors (Lipinski definition) is 2. The van der Waals surface area contributed by atoms with E-state index in [1.54, 1.807) is 0 Å². The van der Waals surface area contributed by atoms with Crippen LogP contribution in [-0.2, 0) is 9.53 Å². The van der Waals surface area contributed by atoms with Gasteiger partial charge in [0.1, 0.15) is 0 Å². The summed E-state index contributed by atoms with van der Waals surface area (Å²) in [6.45, 7) is 5.77. The van der Waals surface area contributed by atoms with Crippen molar-refractivity contribution in [2.24, 2.45) is 0 Å². The van der Waals surface area contributed by atoms with Gasteiger partial charge in [0, 0.05) is 0 Å². The zero-order chi connectivity index (χ0) is 8.69. The fraction of sp³-hybridized carbons (Fsp3) is 0.375. The van der Waals surface area contributed by atoms with Crippen LogP contribution >= 0.6 is 0 Å². The van der Waals surface area contributed by atoms with Gasteiger partial charge >= 0.3 is 77.3 Å². The molecule has 0 fully saturated rings. The molecule has 0 aliphatic heterocycles. The monoisotopic (exact) mass is 270 g/mol. The van der Waals surface area contributed by atoms with E-state index in [0.717, 1.165) is 4.47 Å². The predicted molar refractivity (Wildman–Crippen MR) is 46.5 cm³/mol. The number of esters is 1. The number of carbonyl (C=O) groups excluding carboxylic acids is 1. The standard InChI is InChI=1S/C8H12O2Te/c1-7(2)6-11-5-4-8(9)10-3/h4-5H,1,6H2,2-3H3/b5-4-. The maximum atomic E-state index is 10.5. The zero-order valence-corrected chi connectivity index (χ0v) is 9.12. The van der Waals surface area contributed by atoms with Crippen molar-refractivity contribution in [1.29, 1.82) is 0 Å². The summed E-state index contributed by atoms with van der Waals surface area (Å²) in [7, 11) is 1.38. The minimum absolute atomic E-state index is 0.197. The Morgan fingerprint density at radius 1 is 1.73 bits per heavy atom. The molecule has 11 heavy (non-hydrogen) atoms. The summed E-state index contributed by atoms with van der Waals surface area (Å²) in [5.41, 5.74) is 1.18. The molecule has 0 aromatic heterocycles. The third kappa shape index (κ3) is 7.64. The summed E-state index contributed by atoms with van der Waals surface area (Å²) < 4.78 is 7.41. The quantitative estimate of drug-likeness (QED) is 0.333. The molecule has 0 saturated heterocycles. The van der Waals surface area contributed by atoms with Gasteiger partial charge in [-0.05, 0) is 0 Å². The maximum absolute atomic E-state index is 10.5. The second-order valence-corrected chi connectivity index (χ2v) is 4.65. The number of methoxy groups -OCH3 is 1. The summed E-state index contributed by atoms with van der Waals surface area (Å²) in [5.74, 6) is -0.267. The van der Waals surface area contributed by atoms with Crippen LogP contribution in [0.5, 0.6) is 0 Å². The van der Waals surface area contributed by atoms with E-state index in [1.165, 1.54) is 18.8 Å². The first-order chi connectivity index (χ1) is 5.16. The van der Waals surface area contributed by atoms with Gasteiger partial charge in [0.25, 0.3) is 0 Å². The molecule has 3 heteroatoms. The van der Waals surface area contributed by atoms with Crippen molar-refractivity contribution in [2.45, 2.75) is 11.4 Å². The van der Waals surface area contributed by atoms with Crippen molar-refractivity contribution >= 4 is 26.9 Å². The Labute approximate surface area is 77.4 Å². The number of hydrogen-bond donors (Lipinski definition) is 0. The number of carbonyl (C=O) groups is 1. The average Bonchev–Trinajstić information content (AvgIpc) is 1.97. The topological polar surface area (TPSA) is 26.3 Å². The van der Waals surface area contributed by atoms with E-state index in [-0.39, 0.29) is 26.9 Å². The molecular weight excluding hydrogens is 256 g/mol. The van der Waals surface area contributed by atoms with E-state index in [2.05, 4.69) is 11.3 Å². The minimum atomic E-state index is -0.267. The molecule has 0 aromatic carbocycles. The number of ether oxygens (including phenoxy) is 1. The molecule has 0 rings (SSSR count). The van der Waals surface area contributed by atoms with E-state index in [4.69, 9.17) is 0 Å². The second-order valence-electron chi connectivity index (χ2n) is 2.09. The van der Waals surface area contributed by atoms with Gasteiger partial charge in [-0.1, -0.05) is 0 Å². The van der Waals surface area contributed by atoms with Crippen molar-refractivity contribution in [3.63, 3.8) is 0 Å². The SMILES string of the molecule is C=C(C)C[Te]/C=C\C(=O)OC. The van der Waals surface area contributed by atoms with E-state index in [0.29, 0.717) is 0 Å². The fourth-order valence-corrected chi connectivity index (χ4v) is 2.04. The Morgan fingerprint density at radius 3 is 2.82 bits per heavy atom. The average molecular weight is 268 g/mol. The van der Waals surface area contributed by atoms with Crippen LogP contribution in [0.1, 0.15) is 6.92 Å². The fourth-order valence-electron chi connectivity index (χ4n) is 0.362. The van der Waals surface area contributed by atoms with Gasteiger partial charge in [-0.25, -0.2) is 0 Å². The Balaban J connectivity index is 3.45. The Bertz CT molecular complexity index is 173. The van der Waals surface area contributed by atoms with Gasteiger partial charge in [-0.15, -0.1) is 0 Å². The van der Waals surface area contributed by atoms with Crippen LogP contribution in [0.3, 0.4) is 0 Å². The third-order valence-electron chi connectivity index (χ3n) is 0.831. The molecule has 2 nitrogen and oxygen atoms in total. The Hall–Kier alpha value is -0.260. The molecule has 0 amide bonds. The van der Waals surface area contributed by atoms with Gasteiger partial charge in [-0.2, -0.15) is 0 Å². The van der Waals surface area contributed by atoms with Gasteiger partial charge in [0.15, 0.2) is 0 Å². The van der Waals surface area contributed by atoms with Crippen LogP contribution in [0.2, 0.25) is 4.47 Å². The molecule has 0 heterocycles. The number of rotatable bonds is 4. The molecule has 62 valence electrons. The van der Waals surface area contributed by atoms with Crippen LogP contribution in [0.25, 0.3) is 0 Å². The second kappa shape index (κ2) is 6.45. The zero-order valence-electron chi connectivity index (χ0n) is 6.79. The number of allylic oxidation sites excluding steroid dienone is 1. The van der Waals surface area contributed by atoms with Gasteiger partial charge < -0.3 is 0 Å². The van der Waals surface area contributed by atoms with Crippen molar-refractivity contribution in [3.05, 3.63) is 22.4 Å². The van der Waals surface area contributed by atoms with Crippen LogP contribution in [0, 0.1) is 0 Å². The first kappa shape index (κ1) is 10.7. The van der Waals surface area contributed by atoms with E-state index < -0.39 is 0 Å². The van der Waals surface area contributed by atoms with E-state index in [1.807, 2.05) is 11.0 Å². The molecule has 0 bridgehead atoms. The first-order valence-electron chi connectivity index (χ1n) is 3.17. The van der Waals surface area contributed by atoms with Crippen LogP contribution in [0.15, 0.2) is 22.4 Å². The summed E-state index contributed by atoms with van der Waals surface area (Å²) >= 11 is -0.197. The summed E-state index contributed by atoms with van der Waals surface area (Å²) in [4.78, 5) is 10.5. The van der Waals surface area contributed by atoms with Crippen LogP contribution in [0.4, 0.5) is 0 Å². The van der Waals surface area contributed by atoms with Gasteiger partial charge in [0.2, 0.25) is 0 Å².